The first-order valence-electron chi connectivity index (χ1n) is 7.89. The van der Waals surface area contributed by atoms with Crippen molar-refractivity contribution in [2.24, 2.45) is 0 Å². The Labute approximate surface area is 158 Å². The molecule has 28 heavy (non-hydrogen) atoms. The fourth-order valence-electron chi connectivity index (χ4n) is 2.25. The van der Waals surface area contributed by atoms with Crippen LogP contribution >= 0.6 is 0 Å². The van der Waals surface area contributed by atoms with Gasteiger partial charge in [0.15, 0.2) is 18.1 Å². The summed E-state index contributed by atoms with van der Waals surface area (Å²) in [6.07, 6.45) is 1.24. The van der Waals surface area contributed by atoms with Gasteiger partial charge >= 0.3 is 12.4 Å². The zero-order chi connectivity index (χ0) is 20.7. The molecule has 1 amide bonds. The third-order valence-corrected chi connectivity index (χ3v) is 3.56. The fourth-order valence-corrected chi connectivity index (χ4v) is 2.25. The van der Waals surface area contributed by atoms with Crippen LogP contribution in [0.4, 0.5) is 14.6 Å². The minimum absolute atomic E-state index is 0.0980. The average molecular weight is 397 g/mol. The monoisotopic (exact) mass is 397 g/mol. The zero-order valence-corrected chi connectivity index (χ0v) is 15.0. The number of amides is 1. The van der Waals surface area contributed by atoms with Crippen LogP contribution in [0.5, 0.6) is 17.2 Å². The molecule has 0 saturated carbocycles. The second-order valence-electron chi connectivity index (χ2n) is 5.48. The topological polar surface area (TPSA) is 104 Å². The van der Waals surface area contributed by atoms with Gasteiger partial charge in [-0.1, -0.05) is 6.07 Å². The Morgan fingerprint density at radius 1 is 1.29 bits per heavy atom. The maximum Gasteiger partial charge on any atom is 0.406 e. The summed E-state index contributed by atoms with van der Waals surface area (Å²) >= 11 is 0. The minimum atomic E-state index is -2.99. The highest BCUT2D eigenvalue weighted by Crippen LogP contribution is 2.30. The number of hydrogen-bond donors (Lipinski definition) is 0. The van der Waals surface area contributed by atoms with Gasteiger partial charge in [0.1, 0.15) is 6.20 Å². The van der Waals surface area contributed by atoms with Crippen molar-refractivity contribution in [2.75, 3.05) is 20.8 Å². The SMILES string of the molecule is COc1cc(CN(C)C(=O)COc2cccnc2[N+](=O)[O-])ccc1OC(F)F. The largest absolute Gasteiger partial charge is 0.493 e. The Balaban J connectivity index is 2.00. The van der Waals surface area contributed by atoms with Crippen LogP contribution in [-0.4, -0.2) is 48.1 Å². The molecule has 0 radical (unpaired) electrons. The van der Waals surface area contributed by atoms with E-state index in [2.05, 4.69) is 9.72 Å². The lowest BCUT2D eigenvalue weighted by Crippen LogP contribution is -2.31. The number of aromatic nitrogens is 1. The highest BCUT2D eigenvalue weighted by atomic mass is 19.3. The first-order chi connectivity index (χ1) is 13.3. The first kappa shape index (κ1) is 20.8. The lowest BCUT2D eigenvalue weighted by Gasteiger charge is -2.18. The number of halogens is 2. The molecule has 0 bridgehead atoms. The van der Waals surface area contributed by atoms with Crippen LogP contribution in [0, 0.1) is 10.1 Å². The van der Waals surface area contributed by atoms with E-state index in [-0.39, 0.29) is 23.8 Å². The molecule has 150 valence electrons. The van der Waals surface area contributed by atoms with E-state index in [4.69, 9.17) is 9.47 Å². The van der Waals surface area contributed by atoms with E-state index in [0.717, 1.165) is 0 Å². The van der Waals surface area contributed by atoms with Gasteiger partial charge in [-0.15, -0.1) is 0 Å². The van der Waals surface area contributed by atoms with Crippen LogP contribution in [0.3, 0.4) is 0 Å². The number of ether oxygens (including phenoxy) is 3. The third kappa shape index (κ3) is 5.50. The molecule has 0 aliphatic heterocycles. The van der Waals surface area contributed by atoms with Gasteiger partial charge in [0.2, 0.25) is 5.75 Å². The van der Waals surface area contributed by atoms with Gasteiger partial charge in [-0.3, -0.25) is 4.79 Å². The Bertz CT molecular complexity index is 849. The zero-order valence-electron chi connectivity index (χ0n) is 15.0. The summed E-state index contributed by atoms with van der Waals surface area (Å²) < 4.78 is 39.3. The van der Waals surface area contributed by atoms with Crippen LogP contribution in [0.15, 0.2) is 36.5 Å². The van der Waals surface area contributed by atoms with E-state index in [1.165, 1.54) is 55.6 Å². The number of pyridine rings is 1. The van der Waals surface area contributed by atoms with Crippen LogP contribution < -0.4 is 14.2 Å². The second-order valence-corrected chi connectivity index (χ2v) is 5.48. The number of rotatable bonds is 9. The predicted molar refractivity (Wildman–Crippen MR) is 92.5 cm³/mol. The van der Waals surface area contributed by atoms with E-state index in [9.17, 15) is 23.7 Å². The number of nitrogens with zero attached hydrogens (tertiary/aromatic N) is 3. The maximum absolute atomic E-state index is 12.4. The van der Waals surface area contributed by atoms with Crippen molar-refractivity contribution in [1.29, 1.82) is 0 Å². The van der Waals surface area contributed by atoms with Gasteiger partial charge in [0.25, 0.3) is 5.91 Å². The molecular formula is C17H17F2N3O6. The fraction of sp³-hybridized carbons (Fsp3) is 0.294. The van der Waals surface area contributed by atoms with Crippen LogP contribution in [0.2, 0.25) is 0 Å². The Morgan fingerprint density at radius 2 is 2.04 bits per heavy atom. The standard InChI is InChI=1S/C17H17F2N3O6/c1-21(9-11-5-6-12(28-17(18)19)14(8-11)26-2)15(23)10-27-13-4-3-7-20-16(13)22(24)25/h3-8,17H,9-10H2,1-2H3. The summed E-state index contributed by atoms with van der Waals surface area (Å²) in [7, 11) is 2.81. The number of nitro groups is 1. The number of methoxy groups -OCH3 is 1. The molecule has 2 aromatic rings. The normalized spacial score (nSPS) is 10.5. The molecule has 0 aliphatic rings. The highest BCUT2D eigenvalue weighted by Gasteiger charge is 2.18. The van der Waals surface area contributed by atoms with Crippen molar-refractivity contribution in [1.82, 2.24) is 9.88 Å². The van der Waals surface area contributed by atoms with Crippen LogP contribution in [-0.2, 0) is 11.3 Å². The summed E-state index contributed by atoms with van der Waals surface area (Å²) in [4.78, 5) is 27.3. The van der Waals surface area contributed by atoms with E-state index in [1.54, 1.807) is 0 Å². The van der Waals surface area contributed by atoms with Gasteiger partial charge < -0.3 is 29.2 Å². The van der Waals surface area contributed by atoms with Crippen molar-refractivity contribution >= 4 is 11.7 Å². The molecule has 0 unspecified atom stereocenters. The molecular weight excluding hydrogens is 380 g/mol. The molecule has 0 atom stereocenters. The molecule has 9 nitrogen and oxygen atoms in total. The maximum atomic E-state index is 12.4. The van der Waals surface area contributed by atoms with Gasteiger partial charge in [-0.2, -0.15) is 8.78 Å². The Hall–Kier alpha value is -3.50. The molecule has 0 N–H and O–H groups in total. The van der Waals surface area contributed by atoms with Gasteiger partial charge in [0.05, 0.1) is 7.11 Å². The molecule has 0 fully saturated rings. The molecule has 0 spiro atoms. The molecule has 0 aliphatic carbocycles. The summed E-state index contributed by atoms with van der Waals surface area (Å²) in [5, 5.41) is 10.9. The molecule has 2 rings (SSSR count). The Kier molecular flexibility index (Phi) is 7.02. The number of benzene rings is 1. The quantitative estimate of drug-likeness (QED) is 0.473. The lowest BCUT2D eigenvalue weighted by molar-refractivity contribution is -0.390. The van der Waals surface area contributed by atoms with Crippen molar-refractivity contribution in [2.45, 2.75) is 13.2 Å². The average Bonchev–Trinajstić information content (AvgIpc) is 2.66. The molecule has 1 heterocycles. The number of carbonyl (C=O) groups is 1. The predicted octanol–water partition coefficient (Wildman–Crippen LogP) is 2.64. The number of carbonyl (C=O) groups excluding carboxylic acids is 1. The van der Waals surface area contributed by atoms with Gasteiger partial charge in [-0.05, 0) is 39.7 Å². The first-order valence-corrected chi connectivity index (χ1v) is 7.89. The number of hydrogen-bond acceptors (Lipinski definition) is 7. The highest BCUT2D eigenvalue weighted by molar-refractivity contribution is 5.77. The van der Waals surface area contributed by atoms with Gasteiger partial charge in [0, 0.05) is 13.6 Å². The van der Waals surface area contributed by atoms with Crippen molar-refractivity contribution in [3.63, 3.8) is 0 Å². The summed E-state index contributed by atoms with van der Waals surface area (Å²) in [6.45, 7) is -3.30. The smallest absolute Gasteiger partial charge is 0.406 e. The van der Waals surface area contributed by atoms with E-state index in [1.807, 2.05) is 0 Å². The summed E-state index contributed by atoms with van der Waals surface area (Å²) in [5.74, 6) is -1.09. The molecule has 11 heteroatoms. The van der Waals surface area contributed by atoms with Crippen molar-refractivity contribution in [3.8, 4) is 17.2 Å². The Morgan fingerprint density at radius 3 is 2.68 bits per heavy atom. The molecule has 1 aromatic carbocycles. The summed E-state index contributed by atoms with van der Waals surface area (Å²) in [5.41, 5.74) is 0.599. The number of likely N-dealkylation sites (N-methyl/N-ethyl adjacent to an activating group) is 1. The molecule has 0 saturated heterocycles. The second kappa shape index (κ2) is 9.44. The van der Waals surface area contributed by atoms with Crippen LogP contribution in [0.25, 0.3) is 0 Å². The summed E-state index contributed by atoms with van der Waals surface area (Å²) in [6, 6.07) is 7.08. The van der Waals surface area contributed by atoms with Crippen LogP contribution in [0.1, 0.15) is 5.56 Å². The molecule has 1 aromatic heterocycles. The van der Waals surface area contributed by atoms with Gasteiger partial charge in [-0.25, -0.2) is 0 Å². The van der Waals surface area contributed by atoms with E-state index in [0.29, 0.717) is 5.56 Å². The third-order valence-electron chi connectivity index (χ3n) is 3.56. The van der Waals surface area contributed by atoms with Crippen molar-refractivity contribution in [3.05, 3.63) is 52.2 Å². The van der Waals surface area contributed by atoms with E-state index >= 15 is 0 Å². The lowest BCUT2D eigenvalue weighted by atomic mass is 10.2. The van der Waals surface area contributed by atoms with Crippen molar-refractivity contribution < 1.29 is 32.7 Å². The number of alkyl halides is 2. The van der Waals surface area contributed by atoms with E-state index < -0.39 is 29.9 Å². The minimum Gasteiger partial charge on any atom is -0.493 e.